The van der Waals surface area contributed by atoms with E-state index in [1.165, 1.54) is 24.0 Å². The van der Waals surface area contributed by atoms with E-state index in [1.54, 1.807) is 0 Å². The highest BCUT2D eigenvalue weighted by Crippen LogP contribution is 2.34. The molecule has 0 spiro atoms. The van der Waals surface area contributed by atoms with Crippen LogP contribution in [0.1, 0.15) is 42.9 Å². The van der Waals surface area contributed by atoms with Crippen LogP contribution in [0.25, 0.3) is 0 Å². The van der Waals surface area contributed by atoms with E-state index in [9.17, 15) is 5.11 Å². The van der Waals surface area contributed by atoms with E-state index < -0.39 is 6.10 Å². The first kappa shape index (κ1) is 11.9. The second-order valence-electron chi connectivity index (χ2n) is 4.41. The van der Waals surface area contributed by atoms with Crippen molar-refractivity contribution in [3.63, 3.8) is 0 Å². The zero-order chi connectivity index (χ0) is 11.5. The van der Waals surface area contributed by atoms with E-state index in [2.05, 4.69) is 35.0 Å². The van der Waals surface area contributed by atoms with Crippen molar-refractivity contribution in [2.45, 2.75) is 38.7 Å². The molecule has 0 bridgehead atoms. The topological polar surface area (TPSA) is 20.2 Å². The molecular weight excluding hydrogens is 264 g/mol. The zero-order valence-electron chi connectivity index (χ0n) is 9.54. The van der Waals surface area contributed by atoms with Gasteiger partial charge < -0.3 is 5.11 Å². The van der Waals surface area contributed by atoms with E-state index >= 15 is 0 Å². The largest absolute Gasteiger partial charge is 0.384 e. The van der Waals surface area contributed by atoms with Crippen LogP contribution in [0.5, 0.6) is 0 Å². The maximum atomic E-state index is 10.4. The number of aryl methyl sites for hydroxylation is 1. The van der Waals surface area contributed by atoms with Gasteiger partial charge >= 0.3 is 0 Å². The van der Waals surface area contributed by atoms with Crippen molar-refractivity contribution >= 4 is 15.9 Å². The molecule has 1 atom stereocenters. The van der Waals surface area contributed by atoms with Crippen molar-refractivity contribution < 1.29 is 5.11 Å². The molecule has 0 saturated carbocycles. The molecule has 0 amide bonds. The molecule has 2 heteroatoms. The van der Waals surface area contributed by atoms with Crippen molar-refractivity contribution in [3.8, 4) is 0 Å². The summed E-state index contributed by atoms with van der Waals surface area (Å²) in [4.78, 5) is 0. The van der Waals surface area contributed by atoms with Crippen LogP contribution in [0.2, 0.25) is 0 Å². The second-order valence-corrected chi connectivity index (χ2v) is 5.20. The van der Waals surface area contributed by atoms with Gasteiger partial charge in [-0.15, -0.1) is 0 Å². The van der Waals surface area contributed by atoms with Crippen LogP contribution in [0, 0.1) is 6.92 Å². The first-order valence-electron chi connectivity index (χ1n) is 5.82. The lowest BCUT2D eigenvalue weighted by Gasteiger charge is -2.20. The number of halogens is 1. The number of allylic oxidation sites excluding steroid dienone is 1. The predicted octanol–water partition coefficient (Wildman–Crippen LogP) is 4.29. The molecule has 16 heavy (non-hydrogen) atoms. The summed E-state index contributed by atoms with van der Waals surface area (Å²) in [6, 6.07) is 6.05. The van der Waals surface area contributed by atoms with Crippen molar-refractivity contribution in [1.82, 2.24) is 0 Å². The lowest BCUT2D eigenvalue weighted by molar-refractivity contribution is 0.207. The fraction of sp³-hybridized carbons (Fsp3) is 0.429. The number of rotatable bonds is 2. The smallest absolute Gasteiger partial charge is 0.101 e. The molecule has 1 aliphatic rings. The van der Waals surface area contributed by atoms with Crippen molar-refractivity contribution in [1.29, 1.82) is 0 Å². The highest BCUT2D eigenvalue weighted by molar-refractivity contribution is 9.10. The standard InChI is InChI=1S/C14H17BrO/c1-10-6-5-9-12(13(10)15)14(16)11-7-3-2-4-8-11/h5-7,9,14,16H,2-4,8H2,1H3. The van der Waals surface area contributed by atoms with Gasteiger partial charge in [-0.05, 0) is 49.3 Å². The summed E-state index contributed by atoms with van der Waals surface area (Å²) < 4.78 is 1.04. The normalized spacial score (nSPS) is 18.1. The number of aliphatic hydroxyl groups is 1. The Hall–Kier alpha value is -0.600. The van der Waals surface area contributed by atoms with Gasteiger partial charge in [0.15, 0.2) is 0 Å². The van der Waals surface area contributed by atoms with Gasteiger partial charge in [-0.2, -0.15) is 0 Å². The van der Waals surface area contributed by atoms with Crippen LogP contribution in [0.3, 0.4) is 0 Å². The van der Waals surface area contributed by atoms with E-state index in [-0.39, 0.29) is 0 Å². The summed E-state index contributed by atoms with van der Waals surface area (Å²) in [5, 5.41) is 10.4. The predicted molar refractivity (Wildman–Crippen MR) is 70.4 cm³/mol. The first-order chi connectivity index (χ1) is 7.70. The lowest BCUT2D eigenvalue weighted by atomic mass is 9.91. The van der Waals surface area contributed by atoms with Crippen molar-refractivity contribution in [2.24, 2.45) is 0 Å². The average molecular weight is 281 g/mol. The molecule has 0 heterocycles. The molecule has 2 rings (SSSR count). The van der Waals surface area contributed by atoms with E-state index in [0.717, 1.165) is 22.9 Å². The number of benzene rings is 1. The maximum absolute atomic E-state index is 10.4. The highest BCUT2D eigenvalue weighted by atomic mass is 79.9. The van der Waals surface area contributed by atoms with Crippen LogP contribution in [-0.4, -0.2) is 5.11 Å². The Balaban J connectivity index is 2.29. The Morgan fingerprint density at radius 3 is 2.81 bits per heavy atom. The van der Waals surface area contributed by atoms with Gasteiger partial charge in [0.05, 0.1) is 0 Å². The number of hydrogen-bond donors (Lipinski definition) is 1. The lowest BCUT2D eigenvalue weighted by Crippen LogP contribution is -2.06. The molecule has 1 aliphatic carbocycles. The molecule has 0 fully saturated rings. The van der Waals surface area contributed by atoms with Gasteiger partial charge in [-0.3, -0.25) is 0 Å². The summed E-state index contributed by atoms with van der Waals surface area (Å²) in [6.07, 6.45) is 6.35. The molecule has 1 unspecified atom stereocenters. The summed E-state index contributed by atoms with van der Waals surface area (Å²) in [5.74, 6) is 0. The third-order valence-corrected chi connectivity index (χ3v) is 4.28. The maximum Gasteiger partial charge on any atom is 0.101 e. The Bertz CT molecular complexity index is 409. The molecule has 86 valence electrons. The minimum Gasteiger partial charge on any atom is -0.384 e. The Morgan fingerprint density at radius 2 is 2.12 bits per heavy atom. The fourth-order valence-corrected chi connectivity index (χ4v) is 2.67. The van der Waals surface area contributed by atoms with E-state index in [0.29, 0.717) is 0 Å². The van der Waals surface area contributed by atoms with E-state index in [4.69, 9.17) is 0 Å². The summed E-state index contributed by atoms with van der Waals surface area (Å²) in [7, 11) is 0. The molecule has 0 radical (unpaired) electrons. The van der Waals surface area contributed by atoms with Crippen molar-refractivity contribution in [3.05, 3.63) is 45.4 Å². The third-order valence-electron chi connectivity index (χ3n) is 3.19. The second kappa shape index (κ2) is 5.15. The summed E-state index contributed by atoms with van der Waals surface area (Å²) >= 11 is 3.56. The number of hydrogen-bond acceptors (Lipinski definition) is 1. The molecule has 0 aromatic heterocycles. The Labute approximate surface area is 105 Å². The van der Waals surface area contributed by atoms with E-state index in [1.807, 2.05) is 12.1 Å². The minimum atomic E-state index is -0.436. The first-order valence-corrected chi connectivity index (χ1v) is 6.61. The van der Waals surface area contributed by atoms with Gasteiger partial charge in [0.25, 0.3) is 0 Å². The zero-order valence-corrected chi connectivity index (χ0v) is 11.1. The van der Waals surface area contributed by atoms with Gasteiger partial charge in [0.2, 0.25) is 0 Å². The average Bonchev–Trinajstić information content (AvgIpc) is 2.33. The SMILES string of the molecule is Cc1cccc(C(O)C2=CCCCC2)c1Br. The molecule has 1 aromatic rings. The molecule has 1 N–H and O–H groups in total. The molecular formula is C14H17BrO. The third kappa shape index (κ3) is 2.38. The highest BCUT2D eigenvalue weighted by Gasteiger charge is 2.18. The molecule has 1 nitrogen and oxygen atoms in total. The van der Waals surface area contributed by atoms with Crippen LogP contribution in [-0.2, 0) is 0 Å². The van der Waals surface area contributed by atoms with Crippen LogP contribution < -0.4 is 0 Å². The molecule has 0 saturated heterocycles. The molecule has 0 aliphatic heterocycles. The minimum absolute atomic E-state index is 0.436. The molecule has 1 aromatic carbocycles. The summed E-state index contributed by atoms with van der Waals surface area (Å²) in [6.45, 7) is 2.05. The Kier molecular flexibility index (Phi) is 3.82. The van der Waals surface area contributed by atoms with Gasteiger partial charge in [0.1, 0.15) is 6.10 Å². The quantitative estimate of drug-likeness (QED) is 0.802. The fourth-order valence-electron chi connectivity index (χ4n) is 2.19. The summed E-state index contributed by atoms with van der Waals surface area (Å²) in [5.41, 5.74) is 3.35. The van der Waals surface area contributed by atoms with Gasteiger partial charge in [0, 0.05) is 4.47 Å². The van der Waals surface area contributed by atoms with Gasteiger partial charge in [-0.25, -0.2) is 0 Å². The van der Waals surface area contributed by atoms with Crippen LogP contribution in [0.4, 0.5) is 0 Å². The Morgan fingerprint density at radius 1 is 1.31 bits per heavy atom. The van der Waals surface area contributed by atoms with Gasteiger partial charge in [-0.1, -0.05) is 40.2 Å². The number of aliphatic hydroxyl groups excluding tert-OH is 1. The van der Waals surface area contributed by atoms with Crippen LogP contribution in [0.15, 0.2) is 34.3 Å². The monoisotopic (exact) mass is 280 g/mol. The van der Waals surface area contributed by atoms with Crippen LogP contribution >= 0.6 is 15.9 Å². The van der Waals surface area contributed by atoms with Crippen molar-refractivity contribution in [2.75, 3.05) is 0 Å².